The van der Waals surface area contributed by atoms with Crippen molar-refractivity contribution < 1.29 is 49.7 Å². The van der Waals surface area contributed by atoms with Gasteiger partial charge in [-0.15, -0.1) is 5.76 Å². The molecule has 0 fully saturated rings. The summed E-state index contributed by atoms with van der Waals surface area (Å²) in [4.78, 5) is 12.5. The third-order valence-corrected chi connectivity index (χ3v) is 3.56. The smallest absolute Gasteiger partial charge is 0.874 e. The molecule has 1 unspecified atom stereocenters. The Morgan fingerprint density at radius 3 is 2.46 bits per heavy atom. The molecule has 0 aromatic rings. The second-order valence-corrected chi connectivity index (χ2v) is 5.88. The summed E-state index contributed by atoms with van der Waals surface area (Å²) in [5.74, 6) is -0.826. The Balaban J connectivity index is 0. The van der Waals surface area contributed by atoms with Crippen molar-refractivity contribution in [3.63, 3.8) is 0 Å². The van der Waals surface area contributed by atoms with Crippen molar-refractivity contribution >= 4 is 5.97 Å². The van der Waals surface area contributed by atoms with E-state index in [1.54, 1.807) is 4.90 Å². The molecule has 0 radical (unpaired) electrons. The molecule has 1 atom stereocenters. The van der Waals surface area contributed by atoms with Crippen molar-refractivity contribution in [3.8, 4) is 0 Å². The Kier molecular flexibility index (Phi) is 19.0. The van der Waals surface area contributed by atoms with Gasteiger partial charge in [0.2, 0.25) is 0 Å². The van der Waals surface area contributed by atoms with Gasteiger partial charge in [0.15, 0.2) is 0 Å². The first kappa shape index (κ1) is 26.0. The number of carboxylic acids is 1. The number of hydrogen-bond donors (Lipinski definition) is 3. The molecule has 3 N–H and O–H groups in total. The van der Waals surface area contributed by atoms with E-state index in [1.165, 1.54) is 6.20 Å². The van der Waals surface area contributed by atoms with Crippen LogP contribution < -0.4 is 40.0 Å². The maximum absolute atomic E-state index is 11.8. The van der Waals surface area contributed by atoms with Crippen LogP contribution in [0.2, 0.25) is 0 Å². The second kappa shape index (κ2) is 17.5. The van der Waals surface area contributed by atoms with E-state index in [4.69, 9.17) is 5.11 Å². The van der Waals surface area contributed by atoms with Gasteiger partial charge in [0.1, 0.15) is 0 Å². The first-order valence-electron chi connectivity index (χ1n) is 8.71. The molecular weight excluding hydrogens is 319 g/mol. The summed E-state index contributed by atoms with van der Waals surface area (Å²) in [6, 6.07) is 0. The zero-order chi connectivity index (χ0) is 17.5. The van der Waals surface area contributed by atoms with Crippen LogP contribution in [0, 0.1) is 0 Å². The standard InChI is InChI=1S/C17H34N2O4.Na/c1-3-5-7-15(20)13-18-10-12-19(11-9-17(22)23)14-16(21)8-6-4-2;/h14-15,18,20-21H,3-13H2,1-2H3,(H,22,23);/q;+1/p-1/b16-14-;. The third-order valence-electron chi connectivity index (χ3n) is 3.56. The summed E-state index contributed by atoms with van der Waals surface area (Å²) in [6.07, 6.45) is 6.37. The van der Waals surface area contributed by atoms with Crippen molar-refractivity contribution in [2.45, 2.75) is 64.9 Å². The predicted molar refractivity (Wildman–Crippen MR) is 89.8 cm³/mol. The van der Waals surface area contributed by atoms with E-state index < -0.39 is 5.97 Å². The number of nitrogens with zero attached hydrogens (tertiary/aromatic N) is 1. The summed E-state index contributed by atoms with van der Waals surface area (Å²) in [5.41, 5.74) is 0. The summed E-state index contributed by atoms with van der Waals surface area (Å²) >= 11 is 0. The number of aliphatic hydroxyl groups excluding tert-OH is 1. The van der Waals surface area contributed by atoms with Gasteiger partial charge in [-0.25, -0.2) is 0 Å². The Morgan fingerprint density at radius 2 is 1.88 bits per heavy atom. The van der Waals surface area contributed by atoms with Gasteiger partial charge in [0, 0.05) is 26.2 Å². The minimum atomic E-state index is -0.868. The van der Waals surface area contributed by atoms with E-state index in [-0.39, 0.29) is 47.8 Å². The van der Waals surface area contributed by atoms with Crippen LogP contribution in [0.25, 0.3) is 0 Å². The van der Waals surface area contributed by atoms with Crippen molar-refractivity contribution in [1.29, 1.82) is 0 Å². The van der Waals surface area contributed by atoms with Gasteiger partial charge in [-0.1, -0.05) is 39.5 Å². The first-order chi connectivity index (χ1) is 11.0. The van der Waals surface area contributed by atoms with Gasteiger partial charge in [-0.05, 0) is 19.0 Å². The number of carboxylic acid groups (broad SMARTS) is 1. The number of rotatable bonds is 15. The van der Waals surface area contributed by atoms with Gasteiger partial charge in [-0.2, -0.15) is 0 Å². The van der Waals surface area contributed by atoms with Gasteiger partial charge < -0.3 is 25.5 Å². The van der Waals surface area contributed by atoms with Crippen LogP contribution in [0.3, 0.4) is 0 Å². The fourth-order valence-electron chi connectivity index (χ4n) is 2.13. The zero-order valence-electron chi connectivity index (χ0n) is 15.6. The molecule has 0 aliphatic carbocycles. The molecule has 0 aliphatic rings. The Labute approximate surface area is 168 Å². The number of aliphatic carboxylic acids is 1. The van der Waals surface area contributed by atoms with E-state index in [0.29, 0.717) is 32.6 Å². The van der Waals surface area contributed by atoms with Crippen LogP contribution in [-0.4, -0.2) is 53.4 Å². The van der Waals surface area contributed by atoms with E-state index in [1.807, 2.05) is 6.92 Å². The van der Waals surface area contributed by atoms with Crippen LogP contribution >= 0.6 is 0 Å². The van der Waals surface area contributed by atoms with Crippen molar-refractivity contribution in [1.82, 2.24) is 10.2 Å². The summed E-state index contributed by atoms with van der Waals surface area (Å²) in [6.45, 7) is 6.14. The van der Waals surface area contributed by atoms with Crippen LogP contribution in [0.5, 0.6) is 0 Å². The molecule has 24 heavy (non-hydrogen) atoms. The third kappa shape index (κ3) is 16.6. The monoisotopic (exact) mass is 352 g/mol. The summed E-state index contributed by atoms with van der Waals surface area (Å²) in [5, 5.41) is 33.5. The number of nitrogens with one attached hydrogen (secondary N) is 1. The minimum Gasteiger partial charge on any atom is -0.874 e. The van der Waals surface area contributed by atoms with Crippen LogP contribution in [0.1, 0.15) is 58.8 Å². The van der Waals surface area contributed by atoms with Crippen LogP contribution in [0.4, 0.5) is 0 Å². The zero-order valence-corrected chi connectivity index (χ0v) is 17.6. The fraction of sp³-hybridized carbons (Fsp3) is 0.824. The maximum atomic E-state index is 11.8. The predicted octanol–water partition coefficient (Wildman–Crippen LogP) is -1.70. The fourth-order valence-corrected chi connectivity index (χ4v) is 2.13. The number of carbonyl (C=O) groups is 1. The Bertz CT molecular complexity index is 341. The molecule has 0 spiro atoms. The Morgan fingerprint density at radius 1 is 1.21 bits per heavy atom. The van der Waals surface area contributed by atoms with E-state index in [9.17, 15) is 15.0 Å². The van der Waals surface area contributed by atoms with E-state index in [2.05, 4.69) is 12.2 Å². The minimum absolute atomic E-state index is 0. The van der Waals surface area contributed by atoms with Gasteiger partial charge in [0.25, 0.3) is 0 Å². The molecule has 0 aromatic heterocycles. The molecule has 0 saturated heterocycles. The van der Waals surface area contributed by atoms with Crippen molar-refractivity contribution in [2.24, 2.45) is 0 Å². The average molecular weight is 352 g/mol. The number of unbranched alkanes of at least 4 members (excludes halogenated alkanes) is 2. The quantitative estimate of drug-likeness (QED) is 0.185. The van der Waals surface area contributed by atoms with Crippen LogP contribution in [0.15, 0.2) is 12.0 Å². The summed E-state index contributed by atoms with van der Waals surface area (Å²) in [7, 11) is 0. The molecule has 0 aliphatic heterocycles. The van der Waals surface area contributed by atoms with Gasteiger partial charge in [-0.3, -0.25) is 4.79 Å². The van der Waals surface area contributed by atoms with Crippen molar-refractivity contribution in [2.75, 3.05) is 26.2 Å². The molecular formula is C17H33N2NaO4. The van der Waals surface area contributed by atoms with E-state index in [0.717, 1.165) is 32.1 Å². The van der Waals surface area contributed by atoms with E-state index >= 15 is 0 Å². The Hall–Kier alpha value is -0.270. The molecule has 6 nitrogen and oxygen atoms in total. The van der Waals surface area contributed by atoms with Crippen molar-refractivity contribution in [3.05, 3.63) is 12.0 Å². The molecule has 0 rings (SSSR count). The molecule has 0 bridgehead atoms. The second-order valence-electron chi connectivity index (χ2n) is 5.88. The normalized spacial score (nSPS) is 12.5. The molecule has 136 valence electrons. The SMILES string of the molecule is CCCC/C([O-])=C/N(CCNCC(O)CCCC)CCC(=O)O.[Na+]. The van der Waals surface area contributed by atoms with Crippen LogP contribution in [-0.2, 0) is 4.79 Å². The first-order valence-corrected chi connectivity index (χ1v) is 8.71. The van der Waals surface area contributed by atoms with Gasteiger partial charge >= 0.3 is 35.5 Å². The number of allylic oxidation sites excluding steroid dienone is 1. The largest absolute Gasteiger partial charge is 1.00 e. The number of hydrogen-bond acceptors (Lipinski definition) is 5. The molecule has 0 aromatic carbocycles. The molecule has 0 saturated carbocycles. The number of aliphatic hydroxyl groups is 1. The molecule has 0 heterocycles. The molecule has 0 amide bonds. The topological polar surface area (TPSA) is 95.9 Å². The van der Waals surface area contributed by atoms with Gasteiger partial charge in [0.05, 0.1) is 12.5 Å². The molecule has 7 heteroatoms. The average Bonchev–Trinajstić information content (AvgIpc) is 2.52. The maximum Gasteiger partial charge on any atom is 1.00 e. The summed E-state index contributed by atoms with van der Waals surface area (Å²) < 4.78 is 0.